The van der Waals surface area contributed by atoms with Crippen LogP contribution in [0.5, 0.6) is 0 Å². The van der Waals surface area contributed by atoms with Gasteiger partial charge in [-0.05, 0) is 31.2 Å². The van der Waals surface area contributed by atoms with Crippen LogP contribution in [-0.4, -0.2) is 72.0 Å². The Bertz CT molecular complexity index is 1050. The molecule has 0 radical (unpaired) electrons. The zero-order valence-corrected chi connectivity index (χ0v) is 17.0. The largest absolute Gasteiger partial charge is 0.384 e. The number of morpholine rings is 2. The molecular weight excluding hydrogens is 382 g/mol. The molecule has 156 valence electrons. The summed E-state index contributed by atoms with van der Waals surface area (Å²) in [6, 6.07) is 7.97. The number of anilines is 3. The summed E-state index contributed by atoms with van der Waals surface area (Å²) < 4.78 is 11.1. The molecule has 0 aliphatic carbocycles. The van der Waals surface area contributed by atoms with Gasteiger partial charge in [0.25, 0.3) is 0 Å². The smallest absolute Gasteiger partial charge is 0.229 e. The van der Waals surface area contributed by atoms with E-state index in [9.17, 15) is 0 Å². The minimum absolute atomic E-state index is 0.205. The standard InChI is InChI=1S/C21H25N7O2/c1-14-13-30-11-8-28(14)21-25-19-16(20(26-21)27-6-9-29-10-7-27)2-3-17(24-19)15-4-5-23-18(22)12-15/h2-5,12,14H,6-11,13H2,1H3,(H2,22,23)/t14-/m0/s1. The average Bonchev–Trinajstić information content (AvgIpc) is 2.79. The molecule has 3 aromatic heterocycles. The van der Waals surface area contributed by atoms with Crippen LogP contribution in [0.4, 0.5) is 17.6 Å². The first kappa shape index (κ1) is 19.0. The first-order valence-corrected chi connectivity index (χ1v) is 10.3. The molecule has 2 N–H and O–H groups in total. The molecule has 0 spiro atoms. The van der Waals surface area contributed by atoms with E-state index in [4.69, 9.17) is 30.2 Å². The Balaban J connectivity index is 1.64. The van der Waals surface area contributed by atoms with E-state index in [1.165, 1.54) is 0 Å². The summed E-state index contributed by atoms with van der Waals surface area (Å²) in [7, 11) is 0. The number of hydrogen-bond acceptors (Lipinski definition) is 9. The highest BCUT2D eigenvalue weighted by molar-refractivity contribution is 5.90. The number of nitrogens with two attached hydrogens (primary N) is 1. The number of ether oxygens (including phenoxy) is 2. The second-order valence-electron chi connectivity index (χ2n) is 7.60. The fourth-order valence-electron chi connectivity index (χ4n) is 3.92. The highest BCUT2D eigenvalue weighted by Gasteiger charge is 2.25. The number of nitrogen functional groups attached to an aromatic ring is 1. The van der Waals surface area contributed by atoms with Gasteiger partial charge in [0.1, 0.15) is 11.6 Å². The maximum Gasteiger partial charge on any atom is 0.229 e. The first-order valence-electron chi connectivity index (χ1n) is 10.3. The van der Waals surface area contributed by atoms with E-state index in [2.05, 4.69) is 21.7 Å². The van der Waals surface area contributed by atoms with E-state index in [1.807, 2.05) is 24.3 Å². The fourth-order valence-corrected chi connectivity index (χ4v) is 3.92. The van der Waals surface area contributed by atoms with Gasteiger partial charge in [-0.2, -0.15) is 9.97 Å². The van der Waals surface area contributed by atoms with Crippen molar-refractivity contribution in [3.05, 3.63) is 30.5 Å². The van der Waals surface area contributed by atoms with Crippen molar-refractivity contribution in [1.29, 1.82) is 0 Å². The van der Waals surface area contributed by atoms with Crippen LogP contribution in [0.1, 0.15) is 6.92 Å². The van der Waals surface area contributed by atoms with E-state index in [-0.39, 0.29) is 6.04 Å². The van der Waals surface area contributed by atoms with Gasteiger partial charge in [0.2, 0.25) is 5.95 Å². The molecule has 0 aromatic carbocycles. The zero-order chi connectivity index (χ0) is 20.5. The molecule has 2 aliphatic heterocycles. The van der Waals surface area contributed by atoms with Crippen LogP contribution in [0.3, 0.4) is 0 Å². The van der Waals surface area contributed by atoms with Gasteiger partial charge in [0.05, 0.1) is 43.5 Å². The molecular formula is C21H25N7O2. The average molecular weight is 407 g/mol. The van der Waals surface area contributed by atoms with Crippen molar-refractivity contribution >= 4 is 28.6 Å². The van der Waals surface area contributed by atoms with Crippen molar-refractivity contribution in [3.8, 4) is 11.3 Å². The monoisotopic (exact) mass is 407 g/mol. The Morgan fingerprint density at radius 1 is 1.00 bits per heavy atom. The third-order valence-corrected chi connectivity index (χ3v) is 5.54. The van der Waals surface area contributed by atoms with E-state index >= 15 is 0 Å². The Labute approximate surface area is 174 Å². The normalized spacial score (nSPS) is 20.0. The Morgan fingerprint density at radius 2 is 1.83 bits per heavy atom. The predicted molar refractivity (Wildman–Crippen MR) is 116 cm³/mol. The lowest BCUT2D eigenvalue weighted by Crippen LogP contribution is -2.45. The fraction of sp³-hybridized carbons (Fsp3) is 0.429. The summed E-state index contributed by atoms with van der Waals surface area (Å²) in [6.07, 6.45) is 1.69. The van der Waals surface area contributed by atoms with E-state index in [1.54, 1.807) is 6.20 Å². The van der Waals surface area contributed by atoms with E-state index in [0.717, 1.165) is 42.1 Å². The quantitative estimate of drug-likeness (QED) is 0.695. The van der Waals surface area contributed by atoms with Crippen molar-refractivity contribution in [2.24, 2.45) is 0 Å². The minimum atomic E-state index is 0.205. The van der Waals surface area contributed by atoms with Crippen LogP contribution >= 0.6 is 0 Å². The molecule has 5 heterocycles. The Hall–Kier alpha value is -3.04. The molecule has 2 aliphatic rings. The molecule has 0 amide bonds. The lowest BCUT2D eigenvalue weighted by atomic mass is 10.1. The van der Waals surface area contributed by atoms with Crippen molar-refractivity contribution < 1.29 is 9.47 Å². The van der Waals surface area contributed by atoms with E-state index < -0.39 is 0 Å². The molecule has 0 saturated carbocycles. The van der Waals surface area contributed by atoms with Crippen LogP contribution < -0.4 is 15.5 Å². The number of pyridine rings is 2. The van der Waals surface area contributed by atoms with Crippen LogP contribution in [0.25, 0.3) is 22.3 Å². The minimum Gasteiger partial charge on any atom is -0.384 e. The van der Waals surface area contributed by atoms with Crippen LogP contribution in [0.15, 0.2) is 30.5 Å². The predicted octanol–water partition coefficient (Wildman–Crippen LogP) is 1.73. The number of fused-ring (bicyclic) bond motifs is 1. The summed E-state index contributed by atoms with van der Waals surface area (Å²) in [5, 5.41) is 0.937. The number of aromatic nitrogens is 4. The highest BCUT2D eigenvalue weighted by Crippen LogP contribution is 2.30. The topological polar surface area (TPSA) is 103 Å². The molecule has 0 unspecified atom stereocenters. The van der Waals surface area contributed by atoms with E-state index in [0.29, 0.717) is 43.8 Å². The third-order valence-electron chi connectivity index (χ3n) is 5.54. The third kappa shape index (κ3) is 3.61. The van der Waals surface area contributed by atoms with Gasteiger partial charge >= 0.3 is 0 Å². The summed E-state index contributed by atoms with van der Waals surface area (Å²) in [5.74, 6) is 2.07. The maximum atomic E-state index is 5.87. The Morgan fingerprint density at radius 3 is 2.63 bits per heavy atom. The highest BCUT2D eigenvalue weighted by atomic mass is 16.5. The van der Waals surface area contributed by atoms with Gasteiger partial charge in [-0.25, -0.2) is 9.97 Å². The summed E-state index contributed by atoms with van der Waals surface area (Å²) >= 11 is 0. The molecule has 2 fully saturated rings. The van der Waals surface area contributed by atoms with Gasteiger partial charge in [-0.15, -0.1) is 0 Å². The zero-order valence-electron chi connectivity index (χ0n) is 17.0. The molecule has 1 atom stereocenters. The van der Waals surface area contributed by atoms with Crippen LogP contribution in [0.2, 0.25) is 0 Å². The van der Waals surface area contributed by atoms with Gasteiger partial charge < -0.3 is 25.0 Å². The van der Waals surface area contributed by atoms with Gasteiger partial charge in [0, 0.05) is 31.4 Å². The summed E-state index contributed by atoms with van der Waals surface area (Å²) in [4.78, 5) is 23.2. The maximum absolute atomic E-state index is 5.87. The van der Waals surface area contributed by atoms with Crippen molar-refractivity contribution in [1.82, 2.24) is 19.9 Å². The second-order valence-corrected chi connectivity index (χ2v) is 7.60. The number of hydrogen-bond donors (Lipinski definition) is 1. The van der Waals surface area contributed by atoms with Crippen LogP contribution in [0, 0.1) is 0 Å². The molecule has 0 bridgehead atoms. The molecule has 3 aromatic rings. The molecule has 9 heteroatoms. The van der Waals surface area contributed by atoms with Gasteiger partial charge in [-0.1, -0.05) is 0 Å². The van der Waals surface area contributed by atoms with Gasteiger partial charge in [-0.3, -0.25) is 0 Å². The molecule has 30 heavy (non-hydrogen) atoms. The Kier molecular flexibility index (Phi) is 5.06. The van der Waals surface area contributed by atoms with Crippen molar-refractivity contribution in [2.45, 2.75) is 13.0 Å². The lowest BCUT2D eigenvalue weighted by Gasteiger charge is -2.34. The summed E-state index contributed by atoms with van der Waals surface area (Å²) in [5.41, 5.74) is 8.26. The SMILES string of the molecule is C[C@H]1COCCN1c1nc(N2CCOCC2)c2ccc(-c3ccnc(N)c3)nc2n1. The molecule has 9 nitrogen and oxygen atoms in total. The first-order chi connectivity index (χ1) is 14.7. The van der Waals surface area contributed by atoms with Crippen molar-refractivity contribution in [3.63, 3.8) is 0 Å². The number of rotatable bonds is 3. The molecule has 5 rings (SSSR count). The second kappa shape index (κ2) is 8.00. The summed E-state index contributed by atoms with van der Waals surface area (Å²) in [6.45, 7) is 7.20. The number of nitrogens with zero attached hydrogens (tertiary/aromatic N) is 6. The molecule has 2 saturated heterocycles. The van der Waals surface area contributed by atoms with Crippen molar-refractivity contribution in [2.75, 3.05) is 61.6 Å². The van der Waals surface area contributed by atoms with Crippen LogP contribution in [-0.2, 0) is 9.47 Å². The lowest BCUT2D eigenvalue weighted by molar-refractivity contribution is 0.0981. The van der Waals surface area contributed by atoms with Gasteiger partial charge in [0.15, 0.2) is 5.65 Å².